The Bertz CT molecular complexity index is 540. The molecular formula is C15H15BrN2O. The third-order valence-electron chi connectivity index (χ3n) is 2.78. The highest BCUT2D eigenvalue weighted by Gasteiger charge is 2.09. The zero-order valence-electron chi connectivity index (χ0n) is 10.6. The molecule has 19 heavy (non-hydrogen) atoms. The molecule has 0 aliphatic rings. The number of carbonyl (C=O) groups excluding carboxylic acids is 1. The zero-order valence-corrected chi connectivity index (χ0v) is 12.2. The van der Waals surface area contributed by atoms with Gasteiger partial charge in [-0.25, -0.2) is 0 Å². The van der Waals surface area contributed by atoms with Crippen LogP contribution in [0.15, 0.2) is 53.3 Å². The van der Waals surface area contributed by atoms with Gasteiger partial charge in [0, 0.05) is 28.5 Å². The predicted molar refractivity (Wildman–Crippen MR) is 79.0 cm³/mol. The van der Waals surface area contributed by atoms with Crippen molar-refractivity contribution < 1.29 is 4.79 Å². The second kappa shape index (κ2) is 6.48. The Kier molecular flexibility index (Phi) is 4.68. The third-order valence-corrected chi connectivity index (χ3v) is 3.30. The van der Waals surface area contributed by atoms with Gasteiger partial charge in [-0.2, -0.15) is 0 Å². The molecule has 1 N–H and O–H groups in total. The molecule has 0 fully saturated rings. The second-order valence-corrected chi connectivity index (χ2v) is 5.36. The summed E-state index contributed by atoms with van der Waals surface area (Å²) in [7, 11) is 0. The number of aromatic nitrogens is 1. The van der Waals surface area contributed by atoms with Crippen LogP contribution < -0.4 is 5.32 Å². The number of carbonyl (C=O) groups is 1. The fourth-order valence-corrected chi connectivity index (χ4v) is 2.10. The summed E-state index contributed by atoms with van der Waals surface area (Å²) in [4.78, 5) is 15.9. The van der Waals surface area contributed by atoms with Crippen LogP contribution >= 0.6 is 15.9 Å². The van der Waals surface area contributed by atoms with Crippen molar-refractivity contribution >= 4 is 21.8 Å². The molecule has 0 aliphatic heterocycles. The smallest absolute Gasteiger partial charge is 0.251 e. The first-order valence-corrected chi connectivity index (χ1v) is 6.90. The highest BCUT2D eigenvalue weighted by molar-refractivity contribution is 9.10. The van der Waals surface area contributed by atoms with Crippen LogP contribution in [0.25, 0.3) is 0 Å². The largest absolute Gasteiger partial charge is 0.349 e. The van der Waals surface area contributed by atoms with Gasteiger partial charge in [-0.3, -0.25) is 9.78 Å². The van der Waals surface area contributed by atoms with Gasteiger partial charge in [0.25, 0.3) is 5.91 Å². The van der Waals surface area contributed by atoms with Gasteiger partial charge in [-0.1, -0.05) is 28.1 Å². The fourth-order valence-electron chi connectivity index (χ4n) is 1.84. The first-order valence-electron chi connectivity index (χ1n) is 6.10. The van der Waals surface area contributed by atoms with Crippen LogP contribution in [0.2, 0.25) is 0 Å². The fraction of sp³-hybridized carbons (Fsp3) is 0.200. The Morgan fingerprint density at radius 1 is 1.21 bits per heavy atom. The highest BCUT2D eigenvalue weighted by Crippen LogP contribution is 2.12. The molecular weight excluding hydrogens is 304 g/mol. The number of hydrogen-bond acceptors (Lipinski definition) is 2. The maximum atomic E-state index is 12.0. The summed E-state index contributed by atoms with van der Waals surface area (Å²) in [5, 5.41) is 2.98. The van der Waals surface area contributed by atoms with E-state index >= 15 is 0 Å². The summed E-state index contributed by atoms with van der Waals surface area (Å²) in [5.74, 6) is -0.0630. The highest BCUT2D eigenvalue weighted by atomic mass is 79.9. The minimum absolute atomic E-state index is 0.0630. The Morgan fingerprint density at radius 2 is 1.84 bits per heavy atom. The first-order chi connectivity index (χ1) is 9.15. The molecule has 1 atom stereocenters. The van der Waals surface area contributed by atoms with E-state index in [0.29, 0.717) is 5.56 Å². The van der Waals surface area contributed by atoms with Gasteiger partial charge in [0.2, 0.25) is 0 Å². The van der Waals surface area contributed by atoms with E-state index in [1.807, 2.05) is 19.1 Å². The standard InChI is InChI=1S/C15H15BrN2O/c1-11(10-12-2-4-14(16)5-3-12)18-15(19)13-6-8-17-9-7-13/h2-9,11H,10H2,1H3,(H,18,19)/t11-/m0/s1. The van der Waals surface area contributed by atoms with Gasteiger partial charge in [0.1, 0.15) is 0 Å². The van der Waals surface area contributed by atoms with Crippen LogP contribution in [0.1, 0.15) is 22.8 Å². The maximum Gasteiger partial charge on any atom is 0.251 e. The molecule has 4 heteroatoms. The minimum Gasteiger partial charge on any atom is -0.349 e. The second-order valence-electron chi connectivity index (χ2n) is 4.44. The molecule has 0 saturated carbocycles. The molecule has 1 aromatic carbocycles. The average molecular weight is 319 g/mol. The van der Waals surface area contributed by atoms with Crippen LogP contribution in [-0.2, 0) is 6.42 Å². The lowest BCUT2D eigenvalue weighted by molar-refractivity contribution is 0.0940. The molecule has 0 radical (unpaired) electrons. The van der Waals surface area contributed by atoms with Gasteiger partial charge < -0.3 is 5.32 Å². The minimum atomic E-state index is -0.0630. The number of pyridine rings is 1. The summed E-state index contributed by atoms with van der Waals surface area (Å²) >= 11 is 3.41. The van der Waals surface area contributed by atoms with Gasteiger partial charge in [0.15, 0.2) is 0 Å². The number of nitrogens with one attached hydrogen (secondary N) is 1. The van der Waals surface area contributed by atoms with E-state index in [1.54, 1.807) is 24.5 Å². The molecule has 2 aromatic rings. The molecule has 0 spiro atoms. The lowest BCUT2D eigenvalue weighted by Gasteiger charge is -2.14. The molecule has 0 aliphatic carbocycles. The molecule has 0 unspecified atom stereocenters. The normalized spacial score (nSPS) is 11.9. The summed E-state index contributed by atoms with van der Waals surface area (Å²) in [6.07, 6.45) is 4.05. The lowest BCUT2D eigenvalue weighted by Crippen LogP contribution is -2.34. The Morgan fingerprint density at radius 3 is 2.47 bits per heavy atom. The van der Waals surface area contributed by atoms with Crippen molar-refractivity contribution in [3.05, 3.63) is 64.4 Å². The van der Waals surface area contributed by atoms with Gasteiger partial charge in [0.05, 0.1) is 0 Å². The van der Waals surface area contributed by atoms with Crippen molar-refractivity contribution in [2.45, 2.75) is 19.4 Å². The predicted octanol–water partition coefficient (Wildman–Crippen LogP) is 3.21. The molecule has 1 amide bonds. The van der Waals surface area contributed by atoms with Gasteiger partial charge >= 0.3 is 0 Å². The molecule has 0 saturated heterocycles. The van der Waals surface area contributed by atoms with Crippen molar-refractivity contribution in [1.82, 2.24) is 10.3 Å². The van der Waals surface area contributed by atoms with Crippen molar-refractivity contribution in [3.63, 3.8) is 0 Å². The zero-order chi connectivity index (χ0) is 13.7. The number of halogens is 1. The Balaban J connectivity index is 1.92. The summed E-state index contributed by atoms with van der Waals surface area (Å²) in [6, 6.07) is 11.6. The van der Waals surface area contributed by atoms with Crippen LogP contribution in [0, 0.1) is 0 Å². The van der Waals surface area contributed by atoms with Crippen molar-refractivity contribution in [3.8, 4) is 0 Å². The molecule has 0 bridgehead atoms. The molecule has 2 rings (SSSR count). The van der Waals surface area contributed by atoms with E-state index in [9.17, 15) is 4.79 Å². The van der Waals surface area contributed by atoms with E-state index in [1.165, 1.54) is 5.56 Å². The van der Waals surface area contributed by atoms with E-state index in [0.717, 1.165) is 10.9 Å². The van der Waals surface area contributed by atoms with Gasteiger partial charge in [-0.15, -0.1) is 0 Å². The molecule has 98 valence electrons. The number of amides is 1. The summed E-state index contributed by atoms with van der Waals surface area (Å²) in [6.45, 7) is 2.00. The Hall–Kier alpha value is -1.68. The monoisotopic (exact) mass is 318 g/mol. The third kappa shape index (κ3) is 4.17. The van der Waals surface area contributed by atoms with Crippen LogP contribution in [0.5, 0.6) is 0 Å². The van der Waals surface area contributed by atoms with Crippen molar-refractivity contribution in [1.29, 1.82) is 0 Å². The number of hydrogen-bond donors (Lipinski definition) is 1. The number of rotatable bonds is 4. The van der Waals surface area contributed by atoms with E-state index < -0.39 is 0 Å². The number of benzene rings is 1. The average Bonchev–Trinajstić information content (AvgIpc) is 2.42. The molecule has 1 aromatic heterocycles. The lowest BCUT2D eigenvalue weighted by atomic mass is 10.1. The molecule has 1 heterocycles. The van der Waals surface area contributed by atoms with E-state index in [-0.39, 0.29) is 11.9 Å². The maximum absolute atomic E-state index is 12.0. The van der Waals surface area contributed by atoms with Crippen molar-refractivity contribution in [2.75, 3.05) is 0 Å². The topological polar surface area (TPSA) is 42.0 Å². The summed E-state index contributed by atoms with van der Waals surface area (Å²) in [5.41, 5.74) is 1.84. The quantitative estimate of drug-likeness (QED) is 0.940. The van der Waals surface area contributed by atoms with Crippen LogP contribution in [-0.4, -0.2) is 16.9 Å². The molecule has 3 nitrogen and oxygen atoms in total. The van der Waals surface area contributed by atoms with Crippen LogP contribution in [0.3, 0.4) is 0 Å². The number of nitrogens with zero attached hydrogens (tertiary/aromatic N) is 1. The van der Waals surface area contributed by atoms with Crippen LogP contribution in [0.4, 0.5) is 0 Å². The van der Waals surface area contributed by atoms with E-state index in [4.69, 9.17) is 0 Å². The van der Waals surface area contributed by atoms with E-state index in [2.05, 4.69) is 38.4 Å². The van der Waals surface area contributed by atoms with Crippen molar-refractivity contribution in [2.24, 2.45) is 0 Å². The van der Waals surface area contributed by atoms with Gasteiger partial charge in [-0.05, 0) is 43.2 Å². The Labute approximate surface area is 121 Å². The SMILES string of the molecule is C[C@@H](Cc1ccc(Br)cc1)NC(=O)c1ccncc1. The summed E-state index contributed by atoms with van der Waals surface area (Å²) < 4.78 is 1.06. The first kappa shape index (κ1) is 13.7.